The summed E-state index contributed by atoms with van der Waals surface area (Å²) < 4.78 is 30.1. The molecule has 1 aromatic heterocycles. The minimum absolute atomic E-state index is 0.0753. The Morgan fingerprint density at radius 1 is 1.12 bits per heavy atom. The minimum Gasteiger partial charge on any atom is -0.504 e. The van der Waals surface area contributed by atoms with Gasteiger partial charge in [0.05, 0.1) is 25.5 Å². The zero-order chi connectivity index (χ0) is 19.0. The van der Waals surface area contributed by atoms with Crippen LogP contribution in [0.25, 0.3) is 0 Å². The second-order valence-corrected chi connectivity index (χ2v) is 7.84. The number of hydrogen-bond donors (Lipinski definition) is 1. The fourth-order valence-corrected chi connectivity index (χ4v) is 4.85. The topological polar surface area (TPSA) is 77.9 Å². The van der Waals surface area contributed by atoms with Gasteiger partial charge in [0.25, 0.3) is 0 Å². The van der Waals surface area contributed by atoms with Gasteiger partial charge in [0.1, 0.15) is 0 Å². The Bertz CT molecular complexity index is 728. The number of phenolic OH excluding ortho intramolecular Hbond substituents is 1. The van der Waals surface area contributed by atoms with E-state index in [1.165, 1.54) is 0 Å². The Labute approximate surface area is 154 Å². The van der Waals surface area contributed by atoms with Crippen molar-refractivity contribution < 1.29 is 23.5 Å². The monoisotopic (exact) mass is 379 g/mol. The van der Waals surface area contributed by atoms with Gasteiger partial charge < -0.3 is 18.9 Å². The van der Waals surface area contributed by atoms with Crippen LogP contribution in [0.2, 0.25) is 0 Å². The molecule has 2 rings (SSSR count). The van der Waals surface area contributed by atoms with Crippen molar-refractivity contribution in [2.45, 2.75) is 32.9 Å². The minimum atomic E-state index is -3.40. The summed E-state index contributed by atoms with van der Waals surface area (Å²) in [6.45, 7) is 6.45. The van der Waals surface area contributed by atoms with Crippen molar-refractivity contribution in [3.8, 4) is 11.5 Å². The summed E-state index contributed by atoms with van der Waals surface area (Å²) in [5.41, 5.74) is 1.14. The first-order valence-corrected chi connectivity index (χ1v) is 10.4. The Kier molecular flexibility index (Phi) is 7.64. The SMILES string of the molecule is CCOc1cc(CC(c2cccnc2)P(=O)(OCC)OCC)ccc1O. The van der Waals surface area contributed by atoms with Crippen LogP contribution in [0.3, 0.4) is 0 Å². The lowest BCUT2D eigenvalue weighted by atomic mass is 10.0. The second-order valence-electron chi connectivity index (χ2n) is 5.62. The number of pyridine rings is 1. The molecule has 0 radical (unpaired) electrons. The van der Waals surface area contributed by atoms with Crippen molar-refractivity contribution in [2.24, 2.45) is 0 Å². The maximum absolute atomic E-state index is 13.4. The van der Waals surface area contributed by atoms with Crippen molar-refractivity contribution in [3.05, 3.63) is 53.9 Å². The van der Waals surface area contributed by atoms with Crippen LogP contribution in [-0.2, 0) is 20.0 Å². The van der Waals surface area contributed by atoms with Gasteiger partial charge in [-0.3, -0.25) is 9.55 Å². The molecule has 1 atom stereocenters. The largest absolute Gasteiger partial charge is 0.504 e. The normalized spacial score (nSPS) is 12.7. The molecule has 0 saturated heterocycles. The molecule has 7 heteroatoms. The smallest absolute Gasteiger partial charge is 0.338 e. The van der Waals surface area contributed by atoms with Crippen molar-refractivity contribution >= 4 is 7.60 Å². The molecule has 1 N–H and O–H groups in total. The van der Waals surface area contributed by atoms with Gasteiger partial charge in [0.15, 0.2) is 11.5 Å². The predicted octanol–water partition coefficient (Wildman–Crippen LogP) is 4.74. The lowest BCUT2D eigenvalue weighted by molar-refractivity contribution is 0.211. The van der Waals surface area contributed by atoms with Gasteiger partial charge in [-0.1, -0.05) is 12.1 Å². The zero-order valence-corrected chi connectivity index (χ0v) is 16.3. The number of phenols is 1. The highest BCUT2D eigenvalue weighted by atomic mass is 31.2. The molecule has 2 aromatic rings. The molecular weight excluding hydrogens is 353 g/mol. The summed E-state index contributed by atoms with van der Waals surface area (Å²) in [4.78, 5) is 4.15. The first kappa shape index (κ1) is 20.4. The van der Waals surface area contributed by atoms with E-state index >= 15 is 0 Å². The van der Waals surface area contributed by atoms with E-state index in [0.717, 1.165) is 11.1 Å². The van der Waals surface area contributed by atoms with Crippen LogP contribution < -0.4 is 4.74 Å². The van der Waals surface area contributed by atoms with Crippen LogP contribution in [0.15, 0.2) is 42.7 Å². The third kappa shape index (κ3) is 5.07. The zero-order valence-electron chi connectivity index (χ0n) is 15.4. The van der Waals surface area contributed by atoms with Gasteiger partial charge in [-0.05, 0) is 56.5 Å². The van der Waals surface area contributed by atoms with Crippen LogP contribution in [0.5, 0.6) is 11.5 Å². The summed E-state index contributed by atoms with van der Waals surface area (Å²) in [6, 6.07) is 8.78. The van der Waals surface area contributed by atoms with Gasteiger partial charge in [0.2, 0.25) is 0 Å². The molecule has 0 spiro atoms. The summed E-state index contributed by atoms with van der Waals surface area (Å²) in [5.74, 6) is 0.476. The van der Waals surface area contributed by atoms with E-state index in [4.69, 9.17) is 13.8 Å². The second kappa shape index (κ2) is 9.72. The van der Waals surface area contributed by atoms with Gasteiger partial charge in [-0.25, -0.2) is 0 Å². The summed E-state index contributed by atoms with van der Waals surface area (Å²) in [7, 11) is -3.40. The third-order valence-electron chi connectivity index (χ3n) is 3.82. The fraction of sp³-hybridized carbons (Fsp3) is 0.421. The van der Waals surface area contributed by atoms with Crippen LogP contribution in [0, 0.1) is 0 Å². The van der Waals surface area contributed by atoms with E-state index in [2.05, 4.69) is 4.98 Å². The molecule has 0 bridgehead atoms. The predicted molar refractivity (Wildman–Crippen MR) is 101 cm³/mol. The van der Waals surface area contributed by atoms with Crippen molar-refractivity contribution in [3.63, 3.8) is 0 Å². The summed E-state index contributed by atoms with van der Waals surface area (Å²) >= 11 is 0. The van der Waals surface area contributed by atoms with Crippen molar-refractivity contribution in [1.29, 1.82) is 0 Å². The van der Waals surface area contributed by atoms with Gasteiger partial charge >= 0.3 is 7.60 Å². The number of benzene rings is 1. The van der Waals surface area contributed by atoms with Crippen molar-refractivity contribution in [1.82, 2.24) is 4.98 Å². The number of aromatic hydroxyl groups is 1. The maximum Gasteiger partial charge on any atom is 0.338 e. The fourth-order valence-electron chi connectivity index (χ4n) is 2.74. The highest BCUT2D eigenvalue weighted by Crippen LogP contribution is 2.62. The number of aromatic nitrogens is 1. The Balaban J connectivity index is 2.42. The van der Waals surface area contributed by atoms with Gasteiger partial charge in [-0.2, -0.15) is 0 Å². The van der Waals surface area contributed by atoms with E-state index in [-0.39, 0.29) is 19.0 Å². The molecule has 1 heterocycles. The molecule has 26 heavy (non-hydrogen) atoms. The molecule has 6 nitrogen and oxygen atoms in total. The Hall–Kier alpha value is -1.88. The van der Waals surface area contributed by atoms with E-state index in [0.29, 0.717) is 18.8 Å². The molecule has 0 saturated carbocycles. The molecule has 0 aliphatic rings. The first-order chi connectivity index (χ1) is 12.5. The van der Waals surface area contributed by atoms with Crippen LogP contribution in [0.1, 0.15) is 37.6 Å². The van der Waals surface area contributed by atoms with Crippen molar-refractivity contribution in [2.75, 3.05) is 19.8 Å². The maximum atomic E-state index is 13.4. The molecule has 0 amide bonds. The first-order valence-electron chi connectivity index (χ1n) is 8.77. The molecule has 142 valence electrons. The molecular formula is C19H26NO5P. The number of rotatable bonds is 10. The van der Waals surface area contributed by atoms with Crippen LogP contribution in [-0.4, -0.2) is 29.9 Å². The van der Waals surface area contributed by atoms with Gasteiger partial charge in [-0.15, -0.1) is 0 Å². The van der Waals surface area contributed by atoms with Crippen LogP contribution >= 0.6 is 7.60 Å². The molecule has 0 fully saturated rings. The Morgan fingerprint density at radius 3 is 2.42 bits per heavy atom. The third-order valence-corrected chi connectivity index (χ3v) is 6.30. The lowest BCUT2D eigenvalue weighted by Crippen LogP contribution is -2.10. The summed E-state index contributed by atoms with van der Waals surface area (Å²) in [5, 5.41) is 9.91. The molecule has 0 aliphatic heterocycles. The Morgan fingerprint density at radius 2 is 1.85 bits per heavy atom. The standard InChI is InChI=1S/C19H26NO5P/c1-4-23-18-12-15(9-10-17(18)21)13-19(16-8-7-11-20-14-16)26(22,24-5-2)25-6-3/h7-12,14,19,21H,4-6,13H2,1-3H3. The molecule has 1 aromatic carbocycles. The average molecular weight is 379 g/mol. The number of nitrogens with zero attached hydrogens (tertiary/aromatic N) is 1. The highest BCUT2D eigenvalue weighted by molar-refractivity contribution is 7.54. The van der Waals surface area contributed by atoms with E-state index in [1.54, 1.807) is 50.5 Å². The van der Waals surface area contributed by atoms with E-state index < -0.39 is 13.3 Å². The molecule has 0 aliphatic carbocycles. The lowest BCUT2D eigenvalue weighted by Gasteiger charge is -2.26. The van der Waals surface area contributed by atoms with Gasteiger partial charge in [0, 0.05) is 12.4 Å². The summed E-state index contributed by atoms with van der Waals surface area (Å²) in [6.07, 6.45) is 3.75. The van der Waals surface area contributed by atoms with E-state index in [9.17, 15) is 9.67 Å². The van der Waals surface area contributed by atoms with Crippen LogP contribution in [0.4, 0.5) is 0 Å². The highest BCUT2D eigenvalue weighted by Gasteiger charge is 2.37. The number of hydrogen-bond acceptors (Lipinski definition) is 6. The quantitative estimate of drug-likeness (QED) is 0.601. The molecule has 1 unspecified atom stereocenters. The average Bonchev–Trinajstić information content (AvgIpc) is 2.63. The van der Waals surface area contributed by atoms with E-state index in [1.807, 2.05) is 13.0 Å². The number of ether oxygens (including phenoxy) is 1.